The van der Waals surface area contributed by atoms with Crippen molar-refractivity contribution in [2.24, 2.45) is 22.2 Å². The van der Waals surface area contributed by atoms with Gasteiger partial charge in [0.05, 0.1) is 6.04 Å². The van der Waals surface area contributed by atoms with E-state index in [1.807, 2.05) is 42.5 Å². The molecule has 3 aromatic carbocycles. The molecule has 0 aliphatic heterocycles. The Hall–Kier alpha value is -4.44. The number of nitrogens with two attached hydrogens (primary N) is 3. The van der Waals surface area contributed by atoms with Crippen LogP contribution in [-0.4, -0.2) is 48.4 Å². The summed E-state index contributed by atoms with van der Waals surface area (Å²) in [5, 5.41) is 7.72. The van der Waals surface area contributed by atoms with Crippen LogP contribution in [0.5, 0.6) is 0 Å². The van der Waals surface area contributed by atoms with Crippen molar-refractivity contribution < 1.29 is 14.4 Å². The van der Waals surface area contributed by atoms with Gasteiger partial charge in [-0.2, -0.15) is 0 Å². The minimum Gasteiger partial charge on any atom is -0.370 e. The highest BCUT2D eigenvalue weighted by molar-refractivity contribution is 6.04. The number of anilines is 2. The number of amides is 3. The molecule has 0 saturated heterocycles. The molecule has 3 amide bonds. The number of hydrogen-bond donors (Lipinski definition) is 5. The molecule has 38 heavy (non-hydrogen) atoms. The highest BCUT2D eigenvalue weighted by Crippen LogP contribution is 2.20. The SMILES string of the molecule is CC(N)C(=O)N(c1ccccc1)C(C)C(=O)N[C@H](CCCN=C(N)N)C(=O)Nc1ccc2ccccc2c1. The average Bonchev–Trinajstić information content (AvgIpc) is 2.90. The molecule has 3 atom stereocenters. The first-order chi connectivity index (χ1) is 18.2. The van der Waals surface area contributed by atoms with Crippen LogP contribution < -0.4 is 32.7 Å². The van der Waals surface area contributed by atoms with Gasteiger partial charge in [0.25, 0.3) is 0 Å². The number of nitrogens with one attached hydrogen (secondary N) is 2. The maximum Gasteiger partial charge on any atom is 0.246 e. The number of rotatable bonds is 11. The molecule has 0 aliphatic carbocycles. The fraction of sp³-hybridized carbons (Fsp3) is 0.286. The van der Waals surface area contributed by atoms with Gasteiger partial charge in [-0.1, -0.05) is 48.5 Å². The molecule has 0 aliphatic rings. The van der Waals surface area contributed by atoms with E-state index in [1.54, 1.807) is 44.2 Å². The van der Waals surface area contributed by atoms with Crippen molar-refractivity contribution in [3.8, 4) is 0 Å². The standard InChI is InChI=1S/C28H35N7O3/c1-18(29)27(38)35(23-11-4-3-5-12-23)19(2)25(36)34-24(13-8-16-32-28(30)31)26(37)33-22-15-14-20-9-6-7-10-21(20)17-22/h3-7,9-12,14-15,17-19,24H,8,13,16,29H2,1-2H3,(H,33,37)(H,34,36)(H4,30,31,32)/t18?,19?,24-/m1/s1. The van der Waals surface area contributed by atoms with Crippen LogP contribution in [0, 0.1) is 0 Å². The first-order valence-corrected chi connectivity index (χ1v) is 12.5. The smallest absolute Gasteiger partial charge is 0.246 e. The zero-order chi connectivity index (χ0) is 27.7. The lowest BCUT2D eigenvalue weighted by Crippen LogP contribution is -2.55. The Morgan fingerprint density at radius 3 is 2.21 bits per heavy atom. The molecule has 10 heteroatoms. The lowest BCUT2D eigenvalue weighted by atomic mass is 10.1. The molecule has 200 valence electrons. The predicted molar refractivity (Wildman–Crippen MR) is 151 cm³/mol. The highest BCUT2D eigenvalue weighted by atomic mass is 16.2. The van der Waals surface area contributed by atoms with Gasteiger partial charge in [-0.05, 0) is 61.7 Å². The normalized spacial score (nSPS) is 13.1. The van der Waals surface area contributed by atoms with Crippen LogP contribution in [0.15, 0.2) is 77.8 Å². The van der Waals surface area contributed by atoms with Crippen LogP contribution in [0.2, 0.25) is 0 Å². The number of guanidine groups is 1. The number of hydrogen-bond acceptors (Lipinski definition) is 5. The summed E-state index contributed by atoms with van der Waals surface area (Å²) in [5.41, 5.74) is 17.8. The van der Waals surface area contributed by atoms with Crippen molar-refractivity contribution in [3.05, 3.63) is 72.8 Å². The Bertz CT molecular complexity index is 1290. The zero-order valence-electron chi connectivity index (χ0n) is 21.6. The molecule has 2 unspecified atom stereocenters. The topological polar surface area (TPSA) is 169 Å². The van der Waals surface area contributed by atoms with E-state index in [4.69, 9.17) is 17.2 Å². The summed E-state index contributed by atoms with van der Waals surface area (Å²) >= 11 is 0. The van der Waals surface area contributed by atoms with E-state index >= 15 is 0 Å². The Morgan fingerprint density at radius 1 is 0.895 bits per heavy atom. The minimum atomic E-state index is -0.926. The lowest BCUT2D eigenvalue weighted by molar-refractivity contribution is -0.129. The Balaban J connectivity index is 1.80. The van der Waals surface area contributed by atoms with Gasteiger partial charge in [0.15, 0.2) is 5.96 Å². The fourth-order valence-corrected chi connectivity index (χ4v) is 4.03. The van der Waals surface area contributed by atoms with Gasteiger partial charge in [-0.3, -0.25) is 24.3 Å². The molecule has 0 spiro atoms. The molecule has 10 nitrogen and oxygen atoms in total. The van der Waals surface area contributed by atoms with Crippen molar-refractivity contribution in [2.45, 2.75) is 44.8 Å². The third-order valence-electron chi connectivity index (χ3n) is 6.02. The van der Waals surface area contributed by atoms with E-state index in [0.717, 1.165) is 10.8 Å². The van der Waals surface area contributed by atoms with E-state index in [1.165, 1.54) is 4.90 Å². The molecule has 0 radical (unpaired) electrons. The van der Waals surface area contributed by atoms with Crippen LogP contribution in [-0.2, 0) is 14.4 Å². The van der Waals surface area contributed by atoms with E-state index in [2.05, 4.69) is 15.6 Å². The number of carbonyl (C=O) groups is 3. The molecule has 0 aromatic heterocycles. The van der Waals surface area contributed by atoms with Gasteiger partial charge < -0.3 is 27.8 Å². The number of aliphatic imine (C=N–C) groups is 1. The fourth-order valence-electron chi connectivity index (χ4n) is 4.03. The van der Waals surface area contributed by atoms with Crippen LogP contribution in [0.1, 0.15) is 26.7 Å². The second kappa shape index (κ2) is 13.2. The summed E-state index contributed by atoms with van der Waals surface area (Å²) in [6.07, 6.45) is 0.727. The maximum absolute atomic E-state index is 13.4. The molecule has 8 N–H and O–H groups in total. The van der Waals surface area contributed by atoms with Gasteiger partial charge >= 0.3 is 0 Å². The van der Waals surface area contributed by atoms with Crippen molar-refractivity contribution in [1.82, 2.24) is 5.32 Å². The monoisotopic (exact) mass is 517 g/mol. The maximum atomic E-state index is 13.4. The van der Waals surface area contributed by atoms with Gasteiger partial charge in [0, 0.05) is 17.9 Å². The van der Waals surface area contributed by atoms with Gasteiger partial charge in [0.2, 0.25) is 17.7 Å². The lowest BCUT2D eigenvalue weighted by Gasteiger charge is -2.31. The summed E-state index contributed by atoms with van der Waals surface area (Å²) in [6.45, 7) is 3.46. The van der Waals surface area contributed by atoms with Crippen LogP contribution in [0.3, 0.4) is 0 Å². The largest absolute Gasteiger partial charge is 0.370 e. The second-order valence-corrected chi connectivity index (χ2v) is 9.07. The molecular formula is C28H35N7O3. The quantitative estimate of drug-likeness (QED) is 0.148. The third kappa shape index (κ3) is 7.53. The Labute approximate surface area is 222 Å². The molecule has 0 saturated carbocycles. The first kappa shape index (κ1) is 28.1. The summed E-state index contributed by atoms with van der Waals surface area (Å²) in [5.74, 6) is -1.35. The summed E-state index contributed by atoms with van der Waals surface area (Å²) in [7, 11) is 0. The van der Waals surface area contributed by atoms with Crippen molar-refractivity contribution in [2.75, 3.05) is 16.8 Å². The van der Waals surface area contributed by atoms with E-state index in [-0.39, 0.29) is 12.4 Å². The number of carbonyl (C=O) groups excluding carboxylic acids is 3. The van der Waals surface area contributed by atoms with Crippen molar-refractivity contribution in [3.63, 3.8) is 0 Å². The van der Waals surface area contributed by atoms with Crippen molar-refractivity contribution in [1.29, 1.82) is 0 Å². The van der Waals surface area contributed by atoms with Crippen molar-refractivity contribution >= 4 is 45.8 Å². The minimum absolute atomic E-state index is 0.0484. The number of nitrogens with zero attached hydrogens (tertiary/aromatic N) is 2. The van der Waals surface area contributed by atoms with Crippen LogP contribution >= 0.6 is 0 Å². The Kier molecular flexibility index (Phi) is 9.78. The molecule has 3 aromatic rings. The number of benzene rings is 3. The molecule has 0 bridgehead atoms. The van der Waals surface area contributed by atoms with Gasteiger partial charge in [0.1, 0.15) is 12.1 Å². The second-order valence-electron chi connectivity index (χ2n) is 9.07. The van der Waals surface area contributed by atoms with Crippen LogP contribution in [0.4, 0.5) is 11.4 Å². The molecule has 3 rings (SSSR count). The first-order valence-electron chi connectivity index (χ1n) is 12.5. The third-order valence-corrected chi connectivity index (χ3v) is 6.02. The molecule has 0 heterocycles. The summed E-state index contributed by atoms with van der Waals surface area (Å²) in [4.78, 5) is 44.9. The zero-order valence-corrected chi connectivity index (χ0v) is 21.6. The summed E-state index contributed by atoms with van der Waals surface area (Å²) in [6, 6.07) is 19.5. The van der Waals surface area contributed by atoms with E-state index < -0.39 is 35.8 Å². The van der Waals surface area contributed by atoms with Gasteiger partial charge in [-0.25, -0.2) is 0 Å². The van der Waals surface area contributed by atoms with Gasteiger partial charge in [-0.15, -0.1) is 0 Å². The molecular weight excluding hydrogens is 482 g/mol. The summed E-state index contributed by atoms with van der Waals surface area (Å²) < 4.78 is 0. The number of para-hydroxylation sites is 1. The molecule has 0 fully saturated rings. The predicted octanol–water partition coefficient (Wildman–Crippen LogP) is 2.09. The highest BCUT2D eigenvalue weighted by Gasteiger charge is 2.31. The van der Waals surface area contributed by atoms with E-state index in [0.29, 0.717) is 24.3 Å². The Morgan fingerprint density at radius 2 is 1.55 bits per heavy atom. The van der Waals surface area contributed by atoms with E-state index in [9.17, 15) is 14.4 Å². The van der Waals surface area contributed by atoms with Crippen LogP contribution in [0.25, 0.3) is 10.8 Å². The average molecular weight is 518 g/mol. The number of fused-ring (bicyclic) bond motifs is 1.